The van der Waals surface area contributed by atoms with Crippen LogP contribution in [0.25, 0.3) is 6.08 Å². The van der Waals surface area contributed by atoms with Gasteiger partial charge < -0.3 is 4.42 Å². The summed E-state index contributed by atoms with van der Waals surface area (Å²) in [5.74, 6) is -0.0293. The van der Waals surface area contributed by atoms with E-state index in [1.807, 2.05) is 0 Å². The van der Waals surface area contributed by atoms with Crippen LogP contribution in [0.5, 0.6) is 0 Å². The number of carbonyl (C=O) groups is 1. The van der Waals surface area contributed by atoms with Crippen LogP contribution in [0.15, 0.2) is 41.0 Å². The molecular weight excluding hydrogens is 242 g/mol. The highest BCUT2D eigenvalue weighted by Gasteiger charge is 2.08. The highest BCUT2D eigenvalue weighted by Crippen LogP contribution is 2.24. The molecule has 0 spiro atoms. The molecule has 0 aliphatic rings. The van der Waals surface area contributed by atoms with Gasteiger partial charge in [0, 0.05) is 10.9 Å². The van der Waals surface area contributed by atoms with Gasteiger partial charge in [0.2, 0.25) is 5.78 Å². The first-order valence-electron chi connectivity index (χ1n) is 4.67. The molecule has 17 heavy (non-hydrogen) atoms. The smallest absolute Gasteiger partial charge is 0.324 e. The van der Waals surface area contributed by atoms with Crippen molar-refractivity contribution in [3.05, 3.63) is 57.4 Å². The summed E-state index contributed by atoms with van der Waals surface area (Å²) in [5.41, 5.74) is 0. The Morgan fingerprint density at radius 2 is 2.24 bits per heavy atom. The van der Waals surface area contributed by atoms with E-state index in [1.165, 1.54) is 24.5 Å². The normalized spacial score (nSPS) is 10.8. The van der Waals surface area contributed by atoms with Crippen LogP contribution in [0.4, 0.5) is 5.00 Å². The Morgan fingerprint density at radius 1 is 1.41 bits per heavy atom. The second-order valence-electron chi connectivity index (χ2n) is 3.11. The Labute approximate surface area is 100 Å². The van der Waals surface area contributed by atoms with E-state index in [4.69, 9.17) is 4.42 Å². The summed E-state index contributed by atoms with van der Waals surface area (Å²) in [6, 6.07) is 6.18. The van der Waals surface area contributed by atoms with Crippen molar-refractivity contribution >= 4 is 28.2 Å². The number of thiophene rings is 1. The van der Waals surface area contributed by atoms with Crippen LogP contribution in [-0.2, 0) is 0 Å². The second-order valence-corrected chi connectivity index (χ2v) is 4.20. The number of carbonyl (C=O) groups excluding carboxylic acids is 1. The Bertz CT molecular complexity index is 568. The van der Waals surface area contributed by atoms with Crippen LogP contribution < -0.4 is 0 Å². The minimum absolute atomic E-state index is 0.0510. The SMILES string of the molecule is O=C(/C=C/c1ccc([N+](=O)[O-])s1)c1ccco1. The molecule has 0 aliphatic carbocycles. The van der Waals surface area contributed by atoms with Gasteiger partial charge in [-0.25, -0.2) is 0 Å². The summed E-state index contributed by atoms with van der Waals surface area (Å²) in [6.07, 6.45) is 4.27. The Hall–Kier alpha value is -2.21. The number of allylic oxidation sites excluding steroid dienone is 1. The maximum absolute atomic E-state index is 11.5. The van der Waals surface area contributed by atoms with Crippen LogP contribution >= 0.6 is 11.3 Å². The zero-order chi connectivity index (χ0) is 12.3. The van der Waals surface area contributed by atoms with E-state index < -0.39 is 4.92 Å². The lowest BCUT2D eigenvalue weighted by Crippen LogP contribution is -1.89. The Kier molecular flexibility index (Phi) is 3.15. The van der Waals surface area contributed by atoms with Crippen LogP contribution in [0.2, 0.25) is 0 Å². The molecule has 0 N–H and O–H groups in total. The number of ketones is 1. The van der Waals surface area contributed by atoms with E-state index in [2.05, 4.69) is 0 Å². The quantitative estimate of drug-likeness (QED) is 0.361. The van der Waals surface area contributed by atoms with Gasteiger partial charge in [-0.15, -0.1) is 0 Å². The largest absolute Gasteiger partial charge is 0.461 e. The Balaban J connectivity index is 2.10. The lowest BCUT2D eigenvalue weighted by Gasteiger charge is -1.86. The van der Waals surface area contributed by atoms with E-state index in [1.54, 1.807) is 18.2 Å². The maximum Gasteiger partial charge on any atom is 0.324 e. The summed E-state index contributed by atoms with van der Waals surface area (Å²) in [7, 11) is 0. The molecule has 6 heteroatoms. The van der Waals surface area contributed by atoms with Gasteiger partial charge in [0.25, 0.3) is 0 Å². The van der Waals surface area contributed by atoms with E-state index in [9.17, 15) is 14.9 Å². The molecule has 2 aromatic heterocycles. The fourth-order valence-corrected chi connectivity index (χ4v) is 1.91. The molecular formula is C11H7NO4S. The van der Waals surface area contributed by atoms with Gasteiger partial charge in [0.15, 0.2) is 5.76 Å². The van der Waals surface area contributed by atoms with Gasteiger partial charge in [0.05, 0.1) is 11.2 Å². The summed E-state index contributed by atoms with van der Waals surface area (Å²) in [4.78, 5) is 22.1. The van der Waals surface area contributed by atoms with Gasteiger partial charge >= 0.3 is 5.00 Å². The fourth-order valence-electron chi connectivity index (χ4n) is 1.19. The zero-order valence-corrected chi connectivity index (χ0v) is 9.35. The first-order chi connectivity index (χ1) is 8.16. The highest BCUT2D eigenvalue weighted by molar-refractivity contribution is 7.16. The molecule has 0 fully saturated rings. The number of hydrogen-bond donors (Lipinski definition) is 0. The molecule has 0 saturated heterocycles. The average molecular weight is 249 g/mol. The van der Waals surface area contributed by atoms with Crippen molar-refractivity contribution in [2.45, 2.75) is 0 Å². The van der Waals surface area contributed by atoms with Crippen LogP contribution in [0.3, 0.4) is 0 Å². The minimum atomic E-state index is -0.462. The average Bonchev–Trinajstić information content (AvgIpc) is 2.97. The molecule has 0 aliphatic heterocycles. The van der Waals surface area contributed by atoms with Crippen molar-refractivity contribution in [1.29, 1.82) is 0 Å². The standard InChI is InChI=1S/C11H7NO4S/c13-9(10-2-1-7-16-10)5-3-8-4-6-11(17-8)12(14)15/h1-7H/b5-3+. The van der Waals surface area contributed by atoms with E-state index in [0.29, 0.717) is 4.88 Å². The molecule has 0 aromatic carbocycles. The lowest BCUT2D eigenvalue weighted by molar-refractivity contribution is -0.380. The molecule has 2 rings (SSSR count). The molecule has 0 bridgehead atoms. The molecule has 2 heterocycles. The molecule has 0 unspecified atom stereocenters. The van der Waals surface area contributed by atoms with Crippen molar-refractivity contribution in [2.24, 2.45) is 0 Å². The first-order valence-corrected chi connectivity index (χ1v) is 5.48. The third-order valence-electron chi connectivity index (χ3n) is 1.96. The highest BCUT2D eigenvalue weighted by atomic mass is 32.1. The van der Waals surface area contributed by atoms with Crippen LogP contribution in [0, 0.1) is 10.1 Å². The maximum atomic E-state index is 11.5. The van der Waals surface area contributed by atoms with Crippen molar-refractivity contribution < 1.29 is 14.1 Å². The molecule has 0 atom stereocenters. The molecule has 86 valence electrons. The molecule has 0 amide bonds. The number of rotatable bonds is 4. The van der Waals surface area contributed by atoms with E-state index >= 15 is 0 Å². The Morgan fingerprint density at radius 3 is 2.82 bits per heavy atom. The molecule has 0 saturated carbocycles. The van der Waals surface area contributed by atoms with Gasteiger partial charge in [-0.3, -0.25) is 14.9 Å². The fraction of sp³-hybridized carbons (Fsp3) is 0. The number of furan rings is 1. The molecule has 0 radical (unpaired) electrons. The molecule has 5 nitrogen and oxygen atoms in total. The predicted molar refractivity (Wildman–Crippen MR) is 63.0 cm³/mol. The zero-order valence-electron chi connectivity index (χ0n) is 8.53. The van der Waals surface area contributed by atoms with Crippen molar-refractivity contribution in [1.82, 2.24) is 0 Å². The number of nitro groups is 1. The van der Waals surface area contributed by atoms with Gasteiger partial charge in [-0.2, -0.15) is 0 Å². The van der Waals surface area contributed by atoms with Crippen molar-refractivity contribution in [2.75, 3.05) is 0 Å². The van der Waals surface area contributed by atoms with Gasteiger partial charge in [-0.05, 0) is 30.4 Å². The number of nitrogens with zero attached hydrogens (tertiary/aromatic N) is 1. The lowest BCUT2D eigenvalue weighted by atomic mass is 10.2. The monoisotopic (exact) mass is 249 g/mol. The molecule has 2 aromatic rings. The van der Waals surface area contributed by atoms with Gasteiger partial charge in [0.1, 0.15) is 0 Å². The summed E-state index contributed by atoms with van der Waals surface area (Å²) in [6.45, 7) is 0. The number of hydrogen-bond acceptors (Lipinski definition) is 5. The summed E-state index contributed by atoms with van der Waals surface area (Å²) >= 11 is 1.01. The first kappa shape index (κ1) is 11.3. The van der Waals surface area contributed by atoms with E-state index in [0.717, 1.165) is 11.3 Å². The summed E-state index contributed by atoms with van der Waals surface area (Å²) < 4.78 is 4.92. The topological polar surface area (TPSA) is 73.3 Å². The third-order valence-corrected chi connectivity index (χ3v) is 2.96. The predicted octanol–water partition coefficient (Wildman–Crippen LogP) is 3.15. The van der Waals surface area contributed by atoms with Crippen molar-refractivity contribution in [3.8, 4) is 0 Å². The third kappa shape index (κ3) is 2.67. The van der Waals surface area contributed by atoms with Gasteiger partial charge in [-0.1, -0.05) is 11.3 Å². The summed E-state index contributed by atoms with van der Waals surface area (Å²) in [5, 5.41) is 10.5. The second kappa shape index (κ2) is 4.75. The van der Waals surface area contributed by atoms with Crippen molar-refractivity contribution in [3.63, 3.8) is 0 Å². The van der Waals surface area contributed by atoms with Crippen LogP contribution in [0.1, 0.15) is 15.4 Å². The van der Waals surface area contributed by atoms with E-state index in [-0.39, 0.29) is 16.5 Å². The minimum Gasteiger partial charge on any atom is -0.461 e. The van der Waals surface area contributed by atoms with Crippen LogP contribution in [-0.4, -0.2) is 10.7 Å².